The van der Waals surface area contributed by atoms with Crippen LogP contribution in [0.1, 0.15) is 11.5 Å². The van der Waals surface area contributed by atoms with Crippen molar-refractivity contribution in [3.63, 3.8) is 0 Å². The fourth-order valence-electron chi connectivity index (χ4n) is 2.40. The van der Waals surface area contributed by atoms with Gasteiger partial charge in [0, 0.05) is 23.8 Å². The van der Waals surface area contributed by atoms with E-state index in [1.807, 2.05) is 44.2 Å². The number of rotatable bonds is 5. The lowest BCUT2D eigenvalue weighted by molar-refractivity contribution is 0.400. The fraction of sp³-hybridized carbons (Fsp3) is 0.111. The van der Waals surface area contributed by atoms with Crippen LogP contribution in [0, 0.1) is 13.8 Å². The maximum Gasteiger partial charge on any atom is 0.175 e. The summed E-state index contributed by atoms with van der Waals surface area (Å²) in [6.45, 7) is 3.65. The van der Waals surface area contributed by atoms with Gasteiger partial charge in [0.15, 0.2) is 17.5 Å². The van der Waals surface area contributed by atoms with Gasteiger partial charge in [-0.2, -0.15) is 0 Å². The van der Waals surface area contributed by atoms with E-state index < -0.39 is 0 Å². The van der Waals surface area contributed by atoms with E-state index in [0.29, 0.717) is 40.6 Å². The summed E-state index contributed by atoms with van der Waals surface area (Å²) >= 11 is 0. The van der Waals surface area contributed by atoms with Crippen LogP contribution in [0.5, 0.6) is 0 Å². The quantitative estimate of drug-likeness (QED) is 0.552. The Balaban J connectivity index is 1.71. The average molecular weight is 348 g/mol. The molecule has 1 aromatic carbocycles. The second-order valence-electron chi connectivity index (χ2n) is 5.72. The zero-order valence-corrected chi connectivity index (χ0v) is 14.2. The zero-order chi connectivity index (χ0) is 17.9. The van der Waals surface area contributed by atoms with E-state index in [0.717, 1.165) is 5.56 Å². The molecule has 0 unspecified atom stereocenters. The summed E-state index contributed by atoms with van der Waals surface area (Å²) < 4.78 is 10.2. The molecule has 3 heterocycles. The third kappa shape index (κ3) is 3.54. The van der Waals surface area contributed by atoms with Crippen LogP contribution < -0.4 is 10.6 Å². The molecule has 4 rings (SSSR count). The monoisotopic (exact) mass is 348 g/mol. The third-order valence-corrected chi connectivity index (χ3v) is 3.53. The molecule has 0 radical (unpaired) electrons. The number of hydrogen-bond donors (Lipinski definition) is 2. The van der Waals surface area contributed by atoms with Crippen LogP contribution in [0.2, 0.25) is 0 Å². The standard InChI is InChI=1S/C18H16N6O2/c1-11-8-16(23-25-11)19-14-10-15(20-17-9-12(2)26-24-17)22-18(21-14)13-6-4-3-5-7-13/h3-10H,1-2H3,(H2,19,20,21,22,23,24). The number of aryl methyl sites for hydroxylation is 2. The molecular weight excluding hydrogens is 332 g/mol. The molecule has 0 aliphatic heterocycles. The summed E-state index contributed by atoms with van der Waals surface area (Å²) in [7, 11) is 0. The normalized spacial score (nSPS) is 10.7. The van der Waals surface area contributed by atoms with Crippen molar-refractivity contribution < 1.29 is 9.05 Å². The lowest BCUT2D eigenvalue weighted by Gasteiger charge is -2.09. The molecule has 26 heavy (non-hydrogen) atoms. The Bertz CT molecular complexity index is 965. The van der Waals surface area contributed by atoms with Crippen molar-refractivity contribution in [1.29, 1.82) is 0 Å². The molecule has 8 heteroatoms. The van der Waals surface area contributed by atoms with Gasteiger partial charge in [0.1, 0.15) is 23.2 Å². The van der Waals surface area contributed by atoms with Gasteiger partial charge in [-0.1, -0.05) is 40.6 Å². The van der Waals surface area contributed by atoms with Crippen molar-refractivity contribution in [3.8, 4) is 11.4 Å². The highest BCUT2D eigenvalue weighted by Crippen LogP contribution is 2.24. The number of benzene rings is 1. The Morgan fingerprint density at radius 1 is 0.692 bits per heavy atom. The first-order valence-corrected chi connectivity index (χ1v) is 8.01. The Hall–Kier alpha value is -3.68. The molecule has 0 fully saturated rings. The van der Waals surface area contributed by atoms with Crippen LogP contribution in [0.4, 0.5) is 23.3 Å². The van der Waals surface area contributed by atoms with Crippen molar-refractivity contribution in [3.05, 3.63) is 60.1 Å². The number of hydrogen-bond acceptors (Lipinski definition) is 8. The molecule has 0 saturated carbocycles. The van der Waals surface area contributed by atoms with Gasteiger partial charge in [-0.05, 0) is 13.8 Å². The van der Waals surface area contributed by atoms with Gasteiger partial charge >= 0.3 is 0 Å². The summed E-state index contributed by atoms with van der Waals surface area (Å²) in [5, 5.41) is 14.1. The molecule has 0 atom stereocenters. The van der Waals surface area contributed by atoms with E-state index in [4.69, 9.17) is 9.05 Å². The number of nitrogens with one attached hydrogen (secondary N) is 2. The minimum absolute atomic E-state index is 0.568. The Morgan fingerprint density at radius 3 is 1.69 bits per heavy atom. The molecule has 0 saturated heterocycles. The van der Waals surface area contributed by atoms with Crippen molar-refractivity contribution in [1.82, 2.24) is 20.3 Å². The van der Waals surface area contributed by atoms with Gasteiger partial charge in [-0.15, -0.1) is 0 Å². The van der Waals surface area contributed by atoms with Crippen molar-refractivity contribution in [2.24, 2.45) is 0 Å². The summed E-state index contributed by atoms with van der Waals surface area (Å²) in [6, 6.07) is 15.1. The van der Waals surface area contributed by atoms with Crippen molar-refractivity contribution in [2.75, 3.05) is 10.6 Å². The first-order valence-electron chi connectivity index (χ1n) is 8.01. The van der Waals surface area contributed by atoms with E-state index in [1.54, 1.807) is 18.2 Å². The van der Waals surface area contributed by atoms with E-state index in [-0.39, 0.29) is 0 Å². The van der Waals surface area contributed by atoms with E-state index in [1.165, 1.54) is 0 Å². The lowest BCUT2D eigenvalue weighted by atomic mass is 10.2. The third-order valence-electron chi connectivity index (χ3n) is 3.53. The molecule has 8 nitrogen and oxygen atoms in total. The topological polar surface area (TPSA) is 102 Å². The fourth-order valence-corrected chi connectivity index (χ4v) is 2.40. The predicted octanol–water partition coefficient (Wildman–Crippen LogP) is 4.22. The average Bonchev–Trinajstić information content (AvgIpc) is 3.23. The van der Waals surface area contributed by atoms with Gasteiger partial charge in [0.25, 0.3) is 0 Å². The summed E-state index contributed by atoms with van der Waals surface area (Å²) in [4.78, 5) is 9.13. The summed E-state index contributed by atoms with van der Waals surface area (Å²) in [5.41, 5.74) is 0.895. The van der Waals surface area contributed by atoms with Gasteiger partial charge in [0.05, 0.1) is 0 Å². The minimum atomic E-state index is 0.568. The van der Waals surface area contributed by atoms with E-state index in [2.05, 4.69) is 30.9 Å². The molecule has 0 aliphatic rings. The van der Waals surface area contributed by atoms with Gasteiger partial charge in [0.2, 0.25) is 0 Å². The van der Waals surface area contributed by atoms with Crippen LogP contribution in [-0.2, 0) is 0 Å². The van der Waals surface area contributed by atoms with Crippen molar-refractivity contribution >= 4 is 23.3 Å². The van der Waals surface area contributed by atoms with Gasteiger partial charge < -0.3 is 19.7 Å². The molecule has 4 aromatic rings. The highest BCUT2D eigenvalue weighted by Gasteiger charge is 2.10. The molecule has 0 bridgehead atoms. The molecule has 0 aliphatic carbocycles. The van der Waals surface area contributed by atoms with E-state index in [9.17, 15) is 0 Å². The molecular formula is C18H16N6O2. The second kappa shape index (κ2) is 6.67. The first kappa shape index (κ1) is 15.8. The highest BCUT2D eigenvalue weighted by molar-refractivity contribution is 5.66. The molecule has 2 N–H and O–H groups in total. The van der Waals surface area contributed by atoms with Crippen LogP contribution >= 0.6 is 0 Å². The molecule has 130 valence electrons. The molecule has 0 amide bonds. The Kier molecular flexibility index (Phi) is 4.06. The zero-order valence-electron chi connectivity index (χ0n) is 14.2. The largest absolute Gasteiger partial charge is 0.360 e. The van der Waals surface area contributed by atoms with Crippen LogP contribution in [0.25, 0.3) is 11.4 Å². The second-order valence-corrected chi connectivity index (χ2v) is 5.72. The molecule has 0 spiro atoms. The predicted molar refractivity (Wildman–Crippen MR) is 96.5 cm³/mol. The Labute approximate surface area is 149 Å². The molecule has 3 aromatic heterocycles. The number of aromatic nitrogens is 4. The summed E-state index contributed by atoms with van der Waals surface area (Å²) in [5.74, 6) is 4.29. The maximum absolute atomic E-state index is 5.09. The number of nitrogens with zero attached hydrogens (tertiary/aromatic N) is 4. The van der Waals surface area contributed by atoms with Crippen LogP contribution in [0.15, 0.2) is 57.6 Å². The van der Waals surface area contributed by atoms with E-state index >= 15 is 0 Å². The highest BCUT2D eigenvalue weighted by atomic mass is 16.5. The van der Waals surface area contributed by atoms with Crippen molar-refractivity contribution in [2.45, 2.75) is 13.8 Å². The lowest BCUT2D eigenvalue weighted by Crippen LogP contribution is -2.02. The minimum Gasteiger partial charge on any atom is -0.360 e. The first-order chi connectivity index (χ1) is 12.7. The SMILES string of the molecule is Cc1cc(Nc2cc(Nc3cc(C)on3)nc(-c3ccccc3)n2)no1. The Morgan fingerprint density at radius 2 is 1.23 bits per heavy atom. The van der Waals surface area contributed by atoms with Gasteiger partial charge in [-0.3, -0.25) is 0 Å². The van der Waals surface area contributed by atoms with Gasteiger partial charge in [-0.25, -0.2) is 9.97 Å². The maximum atomic E-state index is 5.09. The van der Waals surface area contributed by atoms with Crippen LogP contribution in [-0.4, -0.2) is 20.3 Å². The number of anilines is 4. The summed E-state index contributed by atoms with van der Waals surface area (Å²) in [6.07, 6.45) is 0. The van der Waals surface area contributed by atoms with Crippen LogP contribution in [0.3, 0.4) is 0 Å². The smallest absolute Gasteiger partial charge is 0.175 e.